The lowest BCUT2D eigenvalue weighted by Gasteiger charge is -2.24. The third-order valence-electron chi connectivity index (χ3n) is 5.60. The van der Waals surface area contributed by atoms with Gasteiger partial charge in [0.25, 0.3) is 5.91 Å². The third kappa shape index (κ3) is 7.02. The number of nitrogens with one attached hydrogen (secondary N) is 1. The summed E-state index contributed by atoms with van der Waals surface area (Å²) in [5.74, 6) is 0.0489. The zero-order valence-electron chi connectivity index (χ0n) is 20.8. The van der Waals surface area contributed by atoms with Crippen molar-refractivity contribution in [3.05, 3.63) is 93.0 Å². The minimum atomic E-state index is -3.94. The van der Waals surface area contributed by atoms with Crippen LogP contribution in [0.1, 0.15) is 27.8 Å². The quantitative estimate of drug-likeness (QED) is 0.280. The molecule has 0 bridgehead atoms. The second-order valence-corrected chi connectivity index (χ2v) is 11.3. The second-order valence-electron chi connectivity index (χ2n) is 8.48. The molecule has 0 radical (unpaired) electrons. The van der Waals surface area contributed by atoms with E-state index in [2.05, 4.69) is 26.5 Å². The van der Waals surface area contributed by atoms with Gasteiger partial charge in [0, 0.05) is 16.6 Å². The molecule has 0 saturated carbocycles. The Hall–Kier alpha value is -3.01. The number of methoxy groups -OCH3 is 1. The van der Waals surface area contributed by atoms with Gasteiger partial charge < -0.3 is 4.74 Å². The number of rotatable bonds is 10. The molecule has 0 aliphatic rings. The molecule has 0 spiro atoms. The fourth-order valence-electron chi connectivity index (χ4n) is 4.06. The molecule has 36 heavy (non-hydrogen) atoms. The second kappa shape index (κ2) is 12.3. The van der Waals surface area contributed by atoms with Crippen LogP contribution >= 0.6 is 15.9 Å². The van der Waals surface area contributed by atoms with Crippen molar-refractivity contribution >= 4 is 38.1 Å². The van der Waals surface area contributed by atoms with Crippen molar-refractivity contribution in [1.82, 2.24) is 9.73 Å². The molecule has 0 aliphatic carbocycles. The summed E-state index contributed by atoms with van der Waals surface area (Å²) in [6.45, 7) is 5.26. The Morgan fingerprint density at radius 2 is 1.72 bits per heavy atom. The van der Waals surface area contributed by atoms with Gasteiger partial charge in [-0.3, -0.25) is 4.79 Å². The fourth-order valence-corrected chi connectivity index (χ4v) is 6.25. The number of sulfonamides is 1. The topological polar surface area (TPSA) is 88.1 Å². The Labute approximate surface area is 221 Å². The van der Waals surface area contributed by atoms with E-state index < -0.39 is 15.9 Å². The maximum Gasteiger partial charge on any atom is 0.255 e. The molecular formula is C27H30BrN3O4S. The number of nitrogens with zero attached hydrogens (tertiary/aromatic N) is 2. The Morgan fingerprint density at radius 1 is 1.06 bits per heavy atom. The maximum absolute atomic E-state index is 13.7. The molecular weight excluding hydrogens is 542 g/mol. The van der Waals surface area contributed by atoms with E-state index in [1.54, 1.807) is 33.1 Å². The summed E-state index contributed by atoms with van der Waals surface area (Å²) >= 11 is 3.40. The Kier molecular flexibility index (Phi) is 9.42. The molecule has 0 saturated heterocycles. The Morgan fingerprint density at radius 3 is 2.36 bits per heavy atom. The van der Waals surface area contributed by atoms with Crippen LogP contribution in [0.15, 0.2) is 75.1 Å². The summed E-state index contributed by atoms with van der Waals surface area (Å²) in [5.41, 5.74) is 6.37. The summed E-state index contributed by atoms with van der Waals surface area (Å²) in [4.78, 5) is 13.0. The number of hydrogen-bond acceptors (Lipinski definition) is 5. The van der Waals surface area contributed by atoms with E-state index in [0.29, 0.717) is 28.9 Å². The van der Waals surface area contributed by atoms with Gasteiger partial charge in [0.1, 0.15) is 5.75 Å². The van der Waals surface area contributed by atoms with Gasteiger partial charge in [-0.25, -0.2) is 13.8 Å². The van der Waals surface area contributed by atoms with E-state index in [9.17, 15) is 13.2 Å². The largest absolute Gasteiger partial charge is 0.496 e. The van der Waals surface area contributed by atoms with Crippen molar-refractivity contribution in [2.75, 3.05) is 20.2 Å². The number of aryl methyl sites for hydroxylation is 3. The monoisotopic (exact) mass is 571 g/mol. The molecule has 0 fully saturated rings. The summed E-state index contributed by atoms with van der Waals surface area (Å²) in [5, 5.41) is 4.02. The lowest BCUT2D eigenvalue weighted by atomic mass is 10.1. The van der Waals surface area contributed by atoms with Crippen LogP contribution in [-0.2, 0) is 21.2 Å². The average Bonchev–Trinajstić information content (AvgIpc) is 2.81. The van der Waals surface area contributed by atoms with E-state index in [4.69, 9.17) is 4.74 Å². The molecule has 3 aromatic carbocycles. The highest BCUT2D eigenvalue weighted by Crippen LogP contribution is 2.26. The molecule has 190 valence electrons. The predicted octanol–water partition coefficient (Wildman–Crippen LogP) is 4.77. The van der Waals surface area contributed by atoms with Crippen molar-refractivity contribution in [2.24, 2.45) is 5.10 Å². The highest BCUT2D eigenvalue weighted by Gasteiger charge is 2.29. The molecule has 0 aliphatic heterocycles. The summed E-state index contributed by atoms with van der Waals surface area (Å²) in [6, 6.07) is 18.7. The third-order valence-corrected chi connectivity index (χ3v) is 8.24. The first-order valence-electron chi connectivity index (χ1n) is 11.4. The zero-order valence-corrected chi connectivity index (χ0v) is 23.2. The first-order valence-corrected chi connectivity index (χ1v) is 13.6. The van der Waals surface area contributed by atoms with Crippen molar-refractivity contribution in [3.8, 4) is 5.75 Å². The van der Waals surface area contributed by atoms with E-state index in [1.165, 1.54) is 10.5 Å². The first kappa shape index (κ1) is 27.6. The van der Waals surface area contributed by atoms with E-state index >= 15 is 0 Å². The van der Waals surface area contributed by atoms with E-state index in [0.717, 1.165) is 15.6 Å². The number of carbonyl (C=O) groups excluding carboxylic acids is 1. The Balaban J connectivity index is 1.83. The van der Waals surface area contributed by atoms with E-state index in [1.807, 2.05) is 55.5 Å². The highest BCUT2D eigenvalue weighted by atomic mass is 79.9. The first-order chi connectivity index (χ1) is 17.1. The molecule has 1 amide bonds. The molecule has 0 heterocycles. The number of amides is 1. The highest BCUT2D eigenvalue weighted by molar-refractivity contribution is 9.10. The summed E-state index contributed by atoms with van der Waals surface area (Å²) < 4.78 is 34.8. The van der Waals surface area contributed by atoms with Gasteiger partial charge in [0.05, 0.1) is 24.8 Å². The van der Waals surface area contributed by atoms with Crippen molar-refractivity contribution < 1.29 is 17.9 Å². The molecule has 9 heteroatoms. The van der Waals surface area contributed by atoms with Gasteiger partial charge in [-0.1, -0.05) is 64.0 Å². The van der Waals surface area contributed by atoms with Gasteiger partial charge in [0.2, 0.25) is 10.0 Å². The van der Waals surface area contributed by atoms with Crippen molar-refractivity contribution in [1.29, 1.82) is 0 Å². The lowest BCUT2D eigenvalue weighted by Crippen LogP contribution is -2.41. The van der Waals surface area contributed by atoms with Crippen molar-refractivity contribution in [3.63, 3.8) is 0 Å². The van der Waals surface area contributed by atoms with Gasteiger partial charge in [0.15, 0.2) is 0 Å². The maximum atomic E-state index is 13.7. The molecule has 0 aromatic heterocycles. The number of carbonyl (C=O) groups is 1. The summed E-state index contributed by atoms with van der Waals surface area (Å²) in [6.07, 6.45) is 1.92. The predicted molar refractivity (Wildman–Crippen MR) is 146 cm³/mol. The van der Waals surface area contributed by atoms with Crippen molar-refractivity contribution in [2.45, 2.75) is 32.1 Å². The number of ether oxygens (including phenoxy) is 1. The minimum absolute atomic E-state index is 0.149. The van der Waals surface area contributed by atoms with Crippen LogP contribution in [0.5, 0.6) is 5.75 Å². The van der Waals surface area contributed by atoms with E-state index in [-0.39, 0.29) is 18.0 Å². The van der Waals surface area contributed by atoms with Gasteiger partial charge >= 0.3 is 0 Å². The number of hydrazone groups is 1. The van der Waals surface area contributed by atoms with Crippen LogP contribution in [-0.4, -0.2) is 45.0 Å². The summed E-state index contributed by atoms with van der Waals surface area (Å²) in [7, 11) is -2.40. The van der Waals surface area contributed by atoms with Crippen LogP contribution in [0.25, 0.3) is 0 Å². The molecule has 3 rings (SSSR count). The standard InChI is InChI=1S/C27H30BrN3O4S/c1-19-14-20(2)27(21(3)15-19)36(33,34)31(13-12-22-8-6-5-7-9-22)18-26(32)30-29-17-23-16-24(28)10-11-25(23)35-4/h5-11,14-17H,12-13,18H2,1-4H3,(H,30,32)/b29-17+. The van der Waals surface area contributed by atoms with Crippen LogP contribution in [0.3, 0.4) is 0 Å². The smallest absolute Gasteiger partial charge is 0.255 e. The lowest BCUT2D eigenvalue weighted by molar-refractivity contribution is -0.121. The molecule has 0 unspecified atom stereocenters. The van der Waals surface area contributed by atoms with Gasteiger partial charge in [-0.15, -0.1) is 0 Å². The van der Waals surface area contributed by atoms with Crippen LogP contribution in [0, 0.1) is 20.8 Å². The molecule has 7 nitrogen and oxygen atoms in total. The van der Waals surface area contributed by atoms with Crippen LogP contribution < -0.4 is 10.2 Å². The Bertz CT molecular complexity index is 1340. The SMILES string of the molecule is COc1ccc(Br)cc1/C=N/NC(=O)CN(CCc1ccccc1)S(=O)(=O)c1c(C)cc(C)cc1C. The fraction of sp³-hybridized carbons (Fsp3) is 0.259. The van der Waals surface area contributed by atoms with Crippen LogP contribution in [0.4, 0.5) is 0 Å². The molecule has 0 atom stereocenters. The molecule has 1 N–H and O–H groups in total. The zero-order chi connectivity index (χ0) is 26.3. The van der Waals surface area contributed by atoms with Gasteiger partial charge in [-0.2, -0.15) is 9.41 Å². The van der Waals surface area contributed by atoms with Gasteiger partial charge in [-0.05, 0) is 62.1 Å². The molecule has 3 aromatic rings. The average molecular weight is 573 g/mol. The van der Waals surface area contributed by atoms with Crippen LogP contribution in [0.2, 0.25) is 0 Å². The number of halogens is 1. The normalized spacial score (nSPS) is 11.7. The number of benzene rings is 3. The minimum Gasteiger partial charge on any atom is -0.496 e. The number of hydrogen-bond donors (Lipinski definition) is 1.